The van der Waals surface area contributed by atoms with Crippen molar-refractivity contribution in [3.8, 4) is 0 Å². The Bertz CT molecular complexity index is 1110. The Morgan fingerprint density at radius 3 is 2.29 bits per heavy atom. The Balaban J connectivity index is 2.49. The number of anilines is 1. The molecular weight excluding hydrogens is 462 g/mol. The van der Waals surface area contributed by atoms with E-state index in [-0.39, 0.29) is 24.9 Å². The van der Waals surface area contributed by atoms with Crippen molar-refractivity contribution in [1.82, 2.24) is 10.2 Å². The minimum absolute atomic E-state index is 0.0668. The summed E-state index contributed by atoms with van der Waals surface area (Å²) < 4.78 is 26.9. The molecule has 1 N–H and O–H groups in total. The maximum Gasteiger partial charge on any atom is 0.244 e. The number of rotatable bonds is 12. The van der Waals surface area contributed by atoms with Gasteiger partial charge in [0.1, 0.15) is 12.6 Å². The van der Waals surface area contributed by atoms with Gasteiger partial charge in [0.25, 0.3) is 0 Å². The molecule has 2 rings (SSSR count). The number of nitrogens with zero attached hydrogens (tertiary/aromatic N) is 2. The topological polar surface area (TPSA) is 86.8 Å². The van der Waals surface area contributed by atoms with E-state index in [2.05, 4.69) is 5.32 Å². The van der Waals surface area contributed by atoms with Crippen LogP contribution in [0.1, 0.15) is 63.1 Å². The summed E-state index contributed by atoms with van der Waals surface area (Å²) in [7, 11) is -3.76. The Kier molecular flexibility index (Phi) is 10.3. The smallest absolute Gasteiger partial charge is 0.244 e. The summed E-state index contributed by atoms with van der Waals surface area (Å²) in [5.41, 5.74) is 3.25. The summed E-state index contributed by atoms with van der Waals surface area (Å²) in [5, 5.41) is 2.89. The highest BCUT2D eigenvalue weighted by Crippen LogP contribution is 2.29. The first-order valence-electron chi connectivity index (χ1n) is 12.2. The van der Waals surface area contributed by atoms with Gasteiger partial charge in [-0.25, -0.2) is 8.42 Å². The van der Waals surface area contributed by atoms with E-state index in [0.29, 0.717) is 18.7 Å². The number of aryl methyl sites for hydroxylation is 1. The lowest BCUT2D eigenvalue weighted by Crippen LogP contribution is -2.52. The average molecular weight is 502 g/mol. The average Bonchev–Trinajstić information content (AvgIpc) is 2.80. The van der Waals surface area contributed by atoms with Gasteiger partial charge in [-0.05, 0) is 42.9 Å². The first-order chi connectivity index (χ1) is 16.5. The van der Waals surface area contributed by atoms with Crippen LogP contribution in [0.25, 0.3) is 0 Å². The van der Waals surface area contributed by atoms with Gasteiger partial charge in [0.05, 0.1) is 11.9 Å². The van der Waals surface area contributed by atoms with Crippen LogP contribution in [0.2, 0.25) is 0 Å². The van der Waals surface area contributed by atoms with Gasteiger partial charge in [-0.1, -0.05) is 75.7 Å². The maximum atomic E-state index is 13.8. The molecule has 0 spiro atoms. The maximum absolute atomic E-state index is 13.8. The molecule has 0 aliphatic rings. The number of amides is 2. The minimum Gasteiger partial charge on any atom is -0.354 e. The molecule has 0 aromatic heterocycles. The van der Waals surface area contributed by atoms with Crippen molar-refractivity contribution in [2.24, 2.45) is 0 Å². The molecule has 0 saturated carbocycles. The molecule has 192 valence electrons. The van der Waals surface area contributed by atoms with Crippen LogP contribution in [0.15, 0.2) is 48.5 Å². The second-order valence-electron chi connectivity index (χ2n) is 9.21. The van der Waals surface area contributed by atoms with Crippen LogP contribution >= 0.6 is 0 Å². The molecule has 0 fully saturated rings. The van der Waals surface area contributed by atoms with Crippen LogP contribution in [-0.2, 0) is 26.2 Å². The van der Waals surface area contributed by atoms with Crippen LogP contribution in [0.4, 0.5) is 5.69 Å². The Hall–Kier alpha value is -2.87. The summed E-state index contributed by atoms with van der Waals surface area (Å²) in [6, 6.07) is 14.3. The molecule has 0 bridgehead atoms. The molecule has 1 atom stereocenters. The van der Waals surface area contributed by atoms with Crippen molar-refractivity contribution in [2.75, 3.05) is 23.7 Å². The predicted octanol–water partition coefficient (Wildman–Crippen LogP) is 4.22. The molecule has 0 radical (unpaired) electrons. The van der Waals surface area contributed by atoms with Gasteiger partial charge in [-0.15, -0.1) is 0 Å². The molecule has 0 heterocycles. The monoisotopic (exact) mass is 501 g/mol. The zero-order valence-corrected chi connectivity index (χ0v) is 22.6. The van der Waals surface area contributed by atoms with E-state index >= 15 is 0 Å². The van der Waals surface area contributed by atoms with Gasteiger partial charge < -0.3 is 10.2 Å². The Labute approximate surface area is 210 Å². The third kappa shape index (κ3) is 7.82. The lowest BCUT2D eigenvalue weighted by molar-refractivity contribution is -0.140. The first-order valence-corrected chi connectivity index (χ1v) is 14.0. The summed E-state index contributed by atoms with van der Waals surface area (Å²) in [5.74, 6) is -0.588. The van der Waals surface area contributed by atoms with Crippen molar-refractivity contribution in [1.29, 1.82) is 0 Å². The fourth-order valence-corrected chi connectivity index (χ4v) is 4.96. The zero-order chi connectivity index (χ0) is 26.2. The lowest BCUT2D eigenvalue weighted by Gasteiger charge is -2.33. The summed E-state index contributed by atoms with van der Waals surface area (Å²) in [4.78, 5) is 28.3. The Morgan fingerprint density at radius 1 is 1.03 bits per heavy atom. The molecule has 0 aliphatic heterocycles. The number of sulfonamides is 1. The molecule has 2 aromatic carbocycles. The van der Waals surface area contributed by atoms with Crippen molar-refractivity contribution in [3.63, 3.8) is 0 Å². The predicted molar refractivity (Wildman–Crippen MR) is 142 cm³/mol. The fourth-order valence-electron chi connectivity index (χ4n) is 4.09. The van der Waals surface area contributed by atoms with E-state index in [0.717, 1.165) is 33.7 Å². The molecule has 0 unspecified atom stereocenters. The van der Waals surface area contributed by atoms with Gasteiger partial charge in [0.2, 0.25) is 21.8 Å². The lowest BCUT2D eigenvalue weighted by atomic mass is 10.0. The van der Waals surface area contributed by atoms with Gasteiger partial charge >= 0.3 is 0 Å². The van der Waals surface area contributed by atoms with Gasteiger partial charge in [-0.2, -0.15) is 0 Å². The number of carbonyl (C=O) groups excluding carboxylic acids is 2. The zero-order valence-electron chi connectivity index (χ0n) is 21.7. The van der Waals surface area contributed by atoms with Gasteiger partial charge in [-0.3, -0.25) is 13.9 Å². The van der Waals surface area contributed by atoms with Gasteiger partial charge in [0, 0.05) is 13.1 Å². The fraction of sp³-hybridized carbons (Fsp3) is 0.481. The van der Waals surface area contributed by atoms with E-state index in [1.807, 2.05) is 71.0 Å². The molecule has 2 aromatic rings. The highest BCUT2D eigenvalue weighted by Gasteiger charge is 2.32. The third-order valence-electron chi connectivity index (χ3n) is 5.88. The van der Waals surface area contributed by atoms with Crippen molar-refractivity contribution < 1.29 is 18.0 Å². The minimum atomic E-state index is -3.76. The molecular formula is C27H39N3O4S. The van der Waals surface area contributed by atoms with Gasteiger partial charge in [0.15, 0.2) is 0 Å². The van der Waals surface area contributed by atoms with Crippen LogP contribution in [0, 0.1) is 6.92 Å². The molecule has 7 nitrogen and oxygen atoms in total. The van der Waals surface area contributed by atoms with E-state index in [1.165, 1.54) is 4.90 Å². The van der Waals surface area contributed by atoms with Crippen molar-refractivity contribution in [3.05, 3.63) is 65.2 Å². The first kappa shape index (κ1) is 28.4. The summed E-state index contributed by atoms with van der Waals surface area (Å²) in [6.07, 6.45) is 2.30. The number of benzene rings is 2. The van der Waals surface area contributed by atoms with Crippen molar-refractivity contribution >= 4 is 27.5 Å². The number of carbonyl (C=O) groups is 2. The summed E-state index contributed by atoms with van der Waals surface area (Å²) >= 11 is 0. The van der Waals surface area contributed by atoms with E-state index in [4.69, 9.17) is 0 Å². The van der Waals surface area contributed by atoms with Crippen LogP contribution < -0.4 is 9.62 Å². The van der Waals surface area contributed by atoms with E-state index in [1.54, 1.807) is 12.1 Å². The number of nitrogens with one attached hydrogen (secondary N) is 1. The normalized spacial score (nSPS) is 12.3. The standard InChI is InChI=1S/C27H39N3O4S/c1-7-16-28-27(32)24(8-2)29(18-22-13-11-12-21(5)17-22)26(31)19-30(35(6,33)34)25-15-10-9-14-23(25)20(3)4/h9-15,17,20,24H,7-8,16,18-19H2,1-6H3,(H,28,32)/t24-/m0/s1. The SMILES string of the molecule is CCCNC(=O)[C@H](CC)N(Cc1cccc(C)c1)C(=O)CN(c1ccccc1C(C)C)S(C)(=O)=O. The van der Waals surface area contributed by atoms with Crippen LogP contribution in [0.3, 0.4) is 0 Å². The largest absolute Gasteiger partial charge is 0.354 e. The molecule has 2 amide bonds. The quantitative estimate of drug-likeness (QED) is 0.472. The number of hydrogen-bond donors (Lipinski definition) is 1. The molecule has 0 saturated heterocycles. The molecule has 8 heteroatoms. The second kappa shape index (κ2) is 12.7. The second-order valence-corrected chi connectivity index (χ2v) is 11.1. The number of hydrogen-bond acceptors (Lipinski definition) is 4. The molecule has 35 heavy (non-hydrogen) atoms. The van der Waals surface area contributed by atoms with E-state index < -0.39 is 22.0 Å². The Morgan fingerprint density at radius 2 is 1.71 bits per heavy atom. The van der Waals surface area contributed by atoms with Crippen molar-refractivity contribution in [2.45, 2.75) is 66.0 Å². The summed E-state index contributed by atoms with van der Waals surface area (Å²) in [6.45, 7) is 10.1. The third-order valence-corrected chi connectivity index (χ3v) is 7.00. The van der Waals surface area contributed by atoms with Crippen LogP contribution in [-0.4, -0.2) is 50.5 Å². The van der Waals surface area contributed by atoms with E-state index in [9.17, 15) is 18.0 Å². The van der Waals surface area contributed by atoms with Crippen LogP contribution in [0.5, 0.6) is 0 Å². The molecule has 0 aliphatic carbocycles. The highest BCUT2D eigenvalue weighted by atomic mass is 32.2. The number of para-hydroxylation sites is 1. The highest BCUT2D eigenvalue weighted by molar-refractivity contribution is 7.92.